The van der Waals surface area contributed by atoms with E-state index in [0.29, 0.717) is 39.9 Å². The second kappa shape index (κ2) is 14.1. The van der Waals surface area contributed by atoms with Crippen LogP contribution in [0.15, 0.2) is 66.5 Å². The molecule has 0 spiro atoms. The predicted octanol–water partition coefficient (Wildman–Crippen LogP) is 6.29. The van der Waals surface area contributed by atoms with Crippen LogP contribution in [-0.4, -0.2) is 52.3 Å². The second-order valence-corrected chi connectivity index (χ2v) is 14.7. The number of aromatic nitrogens is 3. The largest absolute Gasteiger partial charge is 0.487 e. The number of fused-ring (bicyclic) bond motifs is 1. The smallest absolute Gasteiger partial charge is 0.153 e. The molecular formula is C31H34ClFN6O3S2. The number of anilines is 2. The highest BCUT2D eigenvalue weighted by Gasteiger charge is 2.27. The third-order valence-corrected chi connectivity index (χ3v) is 10.8. The molecule has 0 amide bonds. The number of benzene rings is 2. The molecule has 5 rings (SSSR count). The Hall–Kier alpha value is -3.45. The fraction of sp³-hybridized carbons (Fsp3) is 0.323. The van der Waals surface area contributed by atoms with Crippen LogP contribution in [0.1, 0.15) is 38.4 Å². The molecule has 1 aliphatic rings. The lowest BCUT2D eigenvalue weighted by Gasteiger charge is -2.24. The van der Waals surface area contributed by atoms with Gasteiger partial charge in [-0.25, -0.2) is 22.8 Å². The zero-order valence-electron chi connectivity index (χ0n) is 24.6. The molecule has 232 valence electrons. The summed E-state index contributed by atoms with van der Waals surface area (Å²) in [6, 6.07) is 13.6. The highest BCUT2D eigenvalue weighted by molar-refractivity contribution is 8.03. The van der Waals surface area contributed by atoms with Crippen molar-refractivity contribution in [2.24, 2.45) is 0 Å². The van der Waals surface area contributed by atoms with Gasteiger partial charge in [0.25, 0.3) is 0 Å². The van der Waals surface area contributed by atoms with Gasteiger partial charge in [-0.2, -0.15) is 0 Å². The maximum Gasteiger partial charge on any atom is 0.153 e. The first-order valence-corrected chi connectivity index (χ1v) is 17.3. The van der Waals surface area contributed by atoms with Gasteiger partial charge >= 0.3 is 0 Å². The van der Waals surface area contributed by atoms with Gasteiger partial charge in [0, 0.05) is 23.7 Å². The average molecular weight is 657 g/mol. The molecule has 13 heteroatoms. The minimum Gasteiger partial charge on any atom is -0.487 e. The zero-order valence-corrected chi connectivity index (χ0v) is 26.9. The Morgan fingerprint density at radius 2 is 1.98 bits per heavy atom. The summed E-state index contributed by atoms with van der Waals surface area (Å²) in [7, 11) is -3.10. The van der Waals surface area contributed by atoms with E-state index in [4.69, 9.17) is 16.3 Å². The molecule has 2 aromatic heterocycles. The van der Waals surface area contributed by atoms with Gasteiger partial charge in [-0.15, -0.1) is 11.8 Å². The quantitative estimate of drug-likeness (QED) is 0.151. The maximum atomic E-state index is 13.5. The summed E-state index contributed by atoms with van der Waals surface area (Å²) >= 11 is 8.15. The van der Waals surface area contributed by atoms with Gasteiger partial charge in [0.1, 0.15) is 30.3 Å². The van der Waals surface area contributed by atoms with Crippen molar-refractivity contribution in [2.75, 3.05) is 17.6 Å². The fourth-order valence-electron chi connectivity index (χ4n) is 4.61. The van der Waals surface area contributed by atoms with Gasteiger partial charge < -0.3 is 20.7 Å². The number of sulfone groups is 1. The second-order valence-electron chi connectivity index (χ2n) is 10.6. The number of nitrogens with zero attached hydrogens (tertiary/aromatic N) is 3. The van der Waals surface area contributed by atoms with Crippen molar-refractivity contribution in [2.45, 2.75) is 50.5 Å². The van der Waals surface area contributed by atoms with Gasteiger partial charge in [-0.3, -0.25) is 4.98 Å². The molecule has 1 aliphatic heterocycles. The van der Waals surface area contributed by atoms with Gasteiger partial charge in [0.15, 0.2) is 9.84 Å². The maximum absolute atomic E-state index is 13.5. The first-order valence-electron chi connectivity index (χ1n) is 14.2. The van der Waals surface area contributed by atoms with Crippen LogP contribution in [0.25, 0.3) is 16.6 Å². The van der Waals surface area contributed by atoms with Crippen LogP contribution >= 0.6 is 23.4 Å². The van der Waals surface area contributed by atoms with Crippen LogP contribution in [0.3, 0.4) is 0 Å². The molecule has 3 N–H and O–H groups in total. The van der Waals surface area contributed by atoms with Crippen LogP contribution in [0, 0.1) is 5.82 Å². The number of pyridine rings is 1. The third kappa shape index (κ3) is 7.79. The minimum absolute atomic E-state index is 0.0302. The number of thioether (sulfide) groups is 1. The molecule has 0 aliphatic carbocycles. The molecule has 2 unspecified atom stereocenters. The number of nitrogens with one attached hydrogen (secondary N) is 3. The summed E-state index contributed by atoms with van der Waals surface area (Å²) in [5, 5.41) is 13.1. The molecule has 3 heterocycles. The molecular weight excluding hydrogens is 623 g/mol. The standard InChI is InChI=1S/C31H34ClFN6O3S2/c1-4-25(34-10-11-44(40,41)19(2)3)31-39-28(17-43-31)26-14-23-27(15-35-26)36-18-37-30(23)38-22-8-9-29(24(32)13-22)42-16-20-6-5-7-21(33)12-20/h5-9,12-15,17-19,25,31,34,39H,4,10-11,16H2,1-3H3,(H,36,37,38). The molecule has 0 radical (unpaired) electrons. The molecule has 0 bridgehead atoms. The summed E-state index contributed by atoms with van der Waals surface area (Å²) in [6.45, 7) is 6.08. The first kappa shape index (κ1) is 32.0. The molecule has 0 saturated heterocycles. The summed E-state index contributed by atoms with van der Waals surface area (Å²) < 4.78 is 43.7. The predicted molar refractivity (Wildman–Crippen MR) is 176 cm³/mol. The Labute approximate surface area is 266 Å². The molecule has 0 saturated carbocycles. The molecule has 2 aromatic carbocycles. The highest BCUT2D eigenvalue weighted by Crippen LogP contribution is 2.33. The number of hydrogen-bond acceptors (Lipinski definition) is 10. The highest BCUT2D eigenvalue weighted by atomic mass is 35.5. The Morgan fingerprint density at radius 3 is 2.73 bits per heavy atom. The Kier molecular flexibility index (Phi) is 10.2. The van der Waals surface area contributed by atoms with E-state index >= 15 is 0 Å². The van der Waals surface area contributed by atoms with Crippen molar-refractivity contribution in [1.29, 1.82) is 0 Å². The molecule has 2 atom stereocenters. The Bertz CT molecular complexity index is 1770. The van der Waals surface area contributed by atoms with Crippen LogP contribution < -0.4 is 20.7 Å². The van der Waals surface area contributed by atoms with Crippen LogP contribution in [0.5, 0.6) is 5.75 Å². The number of hydrogen-bond donors (Lipinski definition) is 3. The van der Waals surface area contributed by atoms with Gasteiger partial charge in [0.05, 0.1) is 44.5 Å². The van der Waals surface area contributed by atoms with Crippen LogP contribution in [0.2, 0.25) is 5.02 Å². The summed E-state index contributed by atoms with van der Waals surface area (Å²) in [5.74, 6) is 0.857. The summed E-state index contributed by atoms with van der Waals surface area (Å²) in [5.41, 5.74) is 3.69. The number of halogens is 2. The van der Waals surface area contributed by atoms with E-state index in [1.165, 1.54) is 18.5 Å². The van der Waals surface area contributed by atoms with Gasteiger partial charge in [0.2, 0.25) is 0 Å². The Morgan fingerprint density at radius 1 is 1.14 bits per heavy atom. The van der Waals surface area contributed by atoms with E-state index in [1.54, 1.807) is 56.1 Å². The van der Waals surface area contributed by atoms with Crippen molar-refractivity contribution in [3.8, 4) is 5.75 Å². The number of rotatable bonds is 13. The van der Waals surface area contributed by atoms with E-state index < -0.39 is 9.84 Å². The molecule has 4 aromatic rings. The lowest BCUT2D eigenvalue weighted by molar-refractivity contribution is 0.306. The molecule has 9 nitrogen and oxygen atoms in total. The number of ether oxygens (including phenoxy) is 1. The van der Waals surface area contributed by atoms with E-state index in [2.05, 4.69) is 37.8 Å². The van der Waals surface area contributed by atoms with Crippen molar-refractivity contribution in [3.63, 3.8) is 0 Å². The Balaban J connectivity index is 1.25. The summed E-state index contributed by atoms with van der Waals surface area (Å²) in [6.07, 6.45) is 4.01. The van der Waals surface area contributed by atoms with E-state index in [0.717, 1.165) is 23.2 Å². The van der Waals surface area contributed by atoms with Crippen molar-refractivity contribution in [1.82, 2.24) is 25.6 Å². The SMILES string of the molecule is CCC(NCCS(=O)(=O)C(C)C)C1NC(c2cc3c(Nc4ccc(OCc5cccc(F)c5)c(Cl)c4)ncnc3cn2)=CS1. The topological polar surface area (TPSA) is 118 Å². The van der Waals surface area contributed by atoms with Gasteiger partial charge in [-0.1, -0.05) is 30.7 Å². The molecule has 44 heavy (non-hydrogen) atoms. The minimum atomic E-state index is -3.10. The third-order valence-electron chi connectivity index (χ3n) is 7.22. The van der Waals surface area contributed by atoms with Crippen molar-refractivity contribution in [3.05, 3.63) is 88.6 Å². The molecule has 0 fully saturated rings. The van der Waals surface area contributed by atoms with E-state index in [1.807, 2.05) is 17.5 Å². The normalized spacial score (nSPS) is 15.7. The summed E-state index contributed by atoms with van der Waals surface area (Å²) in [4.78, 5) is 13.5. The van der Waals surface area contributed by atoms with E-state index in [9.17, 15) is 12.8 Å². The lowest BCUT2D eigenvalue weighted by atomic mass is 10.2. The fourth-order valence-corrected chi connectivity index (χ4v) is 6.86. The zero-order chi connectivity index (χ0) is 31.3. The van der Waals surface area contributed by atoms with Crippen molar-refractivity contribution >= 4 is 61.3 Å². The van der Waals surface area contributed by atoms with Crippen LogP contribution in [0.4, 0.5) is 15.9 Å². The van der Waals surface area contributed by atoms with E-state index in [-0.39, 0.29) is 34.8 Å². The van der Waals surface area contributed by atoms with Crippen molar-refractivity contribution < 1.29 is 17.5 Å². The van der Waals surface area contributed by atoms with Crippen LogP contribution in [-0.2, 0) is 16.4 Å². The monoisotopic (exact) mass is 656 g/mol. The lowest BCUT2D eigenvalue weighted by Crippen LogP contribution is -2.45. The van der Waals surface area contributed by atoms with Gasteiger partial charge in [-0.05, 0) is 67.6 Å². The first-order chi connectivity index (χ1) is 21.1. The average Bonchev–Trinajstić information content (AvgIpc) is 3.49.